The molecule has 4 heterocycles. The lowest BCUT2D eigenvalue weighted by Gasteiger charge is -2.38. The van der Waals surface area contributed by atoms with Gasteiger partial charge in [0.1, 0.15) is 11.5 Å². The molecule has 0 saturated carbocycles. The minimum atomic E-state index is -0.219. The summed E-state index contributed by atoms with van der Waals surface area (Å²) in [4.78, 5) is 22.2. The lowest BCUT2D eigenvalue weighted by atomic mass is 9.78. The number of pyridine rings is 1. The molecule has 2 aromatic heterocycles. The van der Waals surface area contributed by atoms with Gasteiger partial charge in [0.15, 0.2) is 0 Å². The number of nitrogens with zero attached hydrogens (tertiary/aromatic N) is 3. The zero-order valence-electron chi connectivity index (χ0n) is 15.7. The van der Waals surface area contributed by atoms with Gasteiger partial charge >= 0.3 is 0 Å². The van der Waals surface area contributed by atoms with Crippen molar-refractivity contribution in [1.29, 1.82) is 0 Å². The van der Waals surface area contributed by atoms with Crippen LogP contribution in [0, 0.1) is 19.3 Å². The van der Waals surface area contributed by atoms with Crippen LogP contribution in [0.4, 0.5) is 0 Å². The van der Waals surface area contributed by atoms with E-state index in [1.54, 1.807) is 0 Å². The summed E-state index contributed by atoms with van der Waals surface area (Å²) in [6.45, 7) is 8.09. The summed E-state index contributed by atoms with van der Waals surface area (Å²) in [5.74, 6) is 2.24. The van der Waals surface area contributed by atoms with Gasteiger partial charge in [0.25, 0.3) is 0 Å². The molecule has 5 nitrogen and oxygen atoms in total. The Morgan fingerprint density at radius 2 is 2.00 bits per heavy atom. The fourth-order valence-electron chi connectivity index (χ4n) is 4.46. The Hall–Kier alpha value is -2.14. The summed E-state index contributed by atoms with van der Waals surface area (Å²) < 4.78 is 5.73. The van der Waals surface area contributed by atoms with E-state index in [1.807, 2.05) is 49.1 Å². The first-order valence-electron chi connectivity index (χ1n) is 9.54. The first-order chi connectivity index (χ1) is 12.5. The molecular weight excluding hydrogens is 326 g/mol. The molecule has 2 saturated heterocycles. The molecule has 5 heteroatoms. The number of carbonyl (C=O) groups excluding carboxylic acids is 1. The van der Waals surface area contributed by atoms with Crippen LogP contribution in [0.3, 0.4) is 0 Å². The molecule has 2 aliphatic rings. The second kappa shape index (κ2) is 6.88. The lowest BCUT2D eigenvalue weighted by Crippen LogP contribution is -2.47. The number of amides is 1. The van der Waals surface area contributed by atoms with Crippen molar-refractivity contribution in [1.82, 2.24) is 14.8 Å². The second-order valence-corrected chi connectivity index (χ2v) is 7.85. The number of likely N-dealkylation sites (tertiary alicyclic amines) is 2. The minimum Gasteiger partial charge on any atom is -0.465 e. The van der Waals surface area contributed by atoms with Gasteiger partial charge in [-0.3, -0.25) is 14.7 Å². The summed E-state index contributed by atoms with van der Waals surface area (Å²) in [7, 11) is 0. The molecule has 1 amide bonds. The second-order valence-electron chi connectivity index (χ2n) is 7.85. The summed E-state index contributed by atoms with van der Waals surface area (Å²) >= 11 is 0. The van der Waals surface area contributed by atoms with Crippen LogP contribution in [-0.2, 0) is 17.9 Å². The van der Waals surface area contributed by atoms with Gasteiger partial charge in [-0.2, -0.15) is 0 Å². The number of aromatic nitrogens is 1. The number of piperidine rings is 1. The largest absolute Gasteiger partial charge is 0.465 e. The number of hydrogen-bond donors (Lipinski definition) is 0. The SMILES string of the molecule is Cc1cccc(CN2CC[C@]3(CCCN(Cc4ccc(C)o4)C3)C2=O)n1. The third-order valence-electron chi connectivity index (χ3n) is 5.73. The number of carbonyl (C=O) groups is 1. The maximum absolute atomic E-state index is 13.2. The quantitative estimate of drug-likeness (QED) is 0.846. The fraction of sp³-hybridized carbons (Fsp3) is 0.524. The molecule has 1 spiro atoms. The molecule has 0 aliphatic carbocycles. The van der Waals surface area contributed by atoms with Crippen LogP contribution < -0.4 is 0 Å². The van der Waals surface area contributed by atoms with Crippen molar-refractivity contribution in [2.45, 2.75) is 46.2 Å². The predicted octanol–water partition coefficient (Wildman–Crippen LogP) is 3.31. The minimum absolute atomic E-state index is 0.219. The molecule has 1 atom stereocenters. The highest BCUT2D eigenvalue weighted by Gasteiger charge is 2.48. The smallest absolute Gasteiger partial charge is 0.230 e. The third-order valence-corrected chi connectivity index (χ3v) is 5.73. The molecule has 0 bridgehead atoms. The highest BCUT2D eigenvalue weighted by atomic mass is 16.3. The van der Waals surface area contributed by atoms with Gasteiger partial charge in [-0.15, -0.1) is 0 Å². The Labute approximate surface area is 155 Å². The van der Waals surface area contributed by atoms with E-state index >= 15 is 0 Å². The standard InChI is InChI=1S/C21H27N3O2/c1-16-5-3-6-18(22-16)13-24-12-10-21(20(24)25)9-4-11-23(15-21)14-19-8-7-17(2)26-19/h3,5-8H,4,9-15H2,1-2H3/t21-/m0/s1. The molecule has 138 valence electrons. The summed E-state index contributed by atoms with van der Waals surface area (Å²) in [5, 5.41) is 0. The van der Waals surface area contributed by atoms with E-state index in [2.05, 4.69) is 9.88 Å². The van der Waals surface area contributed by atoms with Crippen molar-refractivity contribution in [3.05, 3.63) is 53.2 Å². The maximum atomic E-state index is 13.2. The zero-order valence-corrected chi connectivity index (χ0v) is 15.7. The van der Waals surface area contributed by atoms with E-state index in [-0.39, 0.29) is 5.41 Å². The van der Waals surface area contributed by atoms with E-state index in [0.29, 0.717) is 12.5 Å². The van der Waals surface area contributed by atoms with Gasteiger partial charge in [-0.25, -0.2) is 0 Å². The highest BCUT2D eigenvalue weighted by Crippen LogP contribution is 2.41. The number of hydrogen-bond acceptors (Lipinski definition) is 4. The molecule has 4 rings (SSSR count). The highest BCUT2D eigenvalue weighted by molar-refractivity contribution is 5.85. The van der Waals surface area contributed by atoms with Crippen LogP contribution in [0.25, 0.3) is 0 Å². The van der Waals surface area contributed by atoms with Crippen LogP contribution >= 0.6 is 0 Å². The average Bonchev–Trinajstić information content (AvgIpc) is 3.14. The van der Waals surface area contributed by atoms with Crippen molar-refractivity contribution in [2.75, 3.05) is 19.6 Å². The van der Waals surface area contributed by atoms with Gasteiger partial charge < -0.3 is 9.32 Å². The Bertz CT molecular complexity index is 800. The Morgan fingerprint density at radius 3 is 2.77 bits per heavy atom. The Kier molecular flexibility index (Phi) is 4.57. The Balaban J connectivity index is 1.43. The first kappa shape index (κ1) is 17.3. The van der Waals surface area contributed by atoms with Crippen LogP contribution in [0.15, 0.2) is 34.7 Å². The molecule has 0 N–H and O–H groups in total. The van der Waals surface area contributed by atoms with Crippen molar-refractivity contribution in [2.24, 2.45) is 5.41 Å². The Morgan fingerprint density at radius 1 is 1.12 bits per heavy atom. The van der Waals surface area contributed by atoms with Gasteiger partial charge in [-0.05, 0) is 63.9 Å². The van der Waals surface area contributed by atoms with E-state index < -0.39 is 0 Å². The molecule has 2 fully saturated rings. The molecule has 26 heavy (non-hydrogen) atoms. The lowest BCUT2D eigenvalue weighted by molar-refractivity contribution is -0.139. The van der Waals surface area contributed by atoms with Crippen LogP contribution in [-0.4, -0.2) is 40.3 Å². The van der Waals surface area contributed by atoms with E-state index in [4.69, 9.17) is 4.42 Å². The van der Waals surface area contributed by atoms with E-state index in [0.717, 1.165) is 68.3 Å². The van der Waals surface area contributed by atoms with Crippen molar-refractivity contribution < 1.29 is 9.21 Å². The first-order valence-corrected chi connectivity index (χ1v) is 9.54. The van der Waals surface area contributed by atoms with Crippen LogP contribution in [0.5, 0.6) is 0 Å². The summed E-state index contributed by atoms with van der Waals surface area (Å²) in [6, 6.07) is 10.1. The van der Waals surface area contributed by atoms with Gasteiger partial charge in [0.05, 0.1) is 24.2 Å². The zero-order chi connectivity index (χ0) is 18.1. The van der Waals surface area contributed by atoms with Gasteiger partial charge in [-0.1, -0.05) is 6.07 Å². The number of aryl methyl sites for hydroxylation is 2. The molecule has 0 unspecified atom stereocenters. The molecule has 0 aromatic carbocycles. The third kappa shape index (κ3) is 3.40. The van der Waals surface area contributed by atoms with Crippen molar-refractivity contribution in [3.8, 4) is 0 Å². The number of rotatable bonds is 4. The monoisotopic (exact) mass is 353 g/mol. The maximum Gasteiger partial charge on any atom is 0.230 e. The summed E-state index contributed by atoms with van der Waals surface area (Å²) in [6.07, 6.45) is 3.02. The summed E-state index contributed by atoms with van der Waals surface area (Å²) in [5.41, 5.74) is 1.76. The predicted molar refractivity (Wildman–Crippen MR) is 99.4 cm³/mol. The van der Waals surface area contributed by atoms with Crippen molar-refractivity contribution >= 4 is 5.91 Å². The topological polar surface area (TPSA) is 49.6 Å². The van der Waals surface area contributed by atoms with Gasteiger partial charge in [0, 0.05) is 18.8 Å². The molecule has 0 radical (unpaired) electrons. The molecular formula is C21H27N3O2. The van der Waals surface area contributed by atoms with Crippen LogP contribution in [0.2, 0.25) is 0 Å². The van der Waals surface area contributed by atoms with Crippen molar-refractivity contribution in [3.63, 3.8) is 0 Å². The molecule has 2 aromatic rings. The van der Waals surface area contributed by atoms with E-state index in [1.165, 1.54) is 0 Å². The normalized spacial score (nSPS) is 23.9. The van der Waals surface area contributed by atoms with Gasteiger partial charge in [0.2, 0.25) is 5.91 Å². The van der Waals surface area contributed by atoms with E-state index in [9.17, 15) is 4.79 Å². The van der Waals surface area contributed by atoms with Crippen LogP contribution in [0.1, 0.15) is 42.2 Å². The molecule has 2 aliphatic heterocycles. The average molecular weight is 353 g/mol. The number of furan rings is 1. The fourth-order valence-corrected chi connectivity index (χ4v) is 4.46.